The lowest BCUT2D eigenvalue weighted by atomic mass is 10.2. The van der Waals surface area contributed by atoms with Crippen LogP contribution in [0.2, 0.25) is 19.6 Å². The van der Waals surface area contributed by atoms with E-state index < -0.39 is 8.07 Å². The normalized spacial score (nSPS) is 20.9. The largest absolute Gasteiger partial charge is 0.318 e. The van der Waals surface area contributed by atoms with Gasteiger partial charge in [-0.1, -0.05) is 49.1 Å². The molecular formula is C16H28N2Si. The first-order valence-electron chi connectivity index (χ1n) is 7.49. The van der Waals surface area contributed by atoms with E-state index in [0.717, 1.165) is 19.1 Å². The monoisotopic (exact) mass is 276 g/mol. The summed E-state index contributed by atoms with van der Waals surface area (Å²) in [4.78, 5) is 2.63. The van der Waals surface area contributed by atoms with Crippen LogP contribution in [0.15, 0.2) is 24.3 Å². The van der Waals surface area contributed by atoms with Gasteiger partial charge in [-0.05, 0) is 32.0 Å². The molecule has 2 rings (SSSR count). The van der Waals surface area contributed by atoms with E-state index >= 15 is 0 Å². The molecule has 1 heterocycles. The minimum Gasteiger partial charge on any atom is -0.318 e. The number of likely N-dealkylation sites (tertiary alicyclic amines) is 1. The molecule has 106 valence electrons. The first-order chi connectivity index (χ1) is 9.00. The Balaban J connectivity index is 1.99. The van der Waals surface area contributed by atoms with E-state index in [1.54, 1.807) is 5.19 Å². The zero-order chi connectivity index (χ0) is 13.9. The van der Waals surface area contributed by atoms with Gasteiger partial charge in [0, 0.05) is 19.1 Å². The maximum Gasteiger partial charge on any atom is 0.0775 e. The summed E-state index contributed by atoms with van der Waals surface area (Å²) in [6.45, 7) is 10.7. The van der Waals surface area contributed by atoms with Crippen molar-refractivity contribution in [3.05, 3.63) is 29.8 Å². The highest BCUT2D eigenvalue weighted by molar-refractivity contribution is 6.88. The summed E-state index contributed by atoms with van der Waals surface area (Å²) in [6, 6.07) is 10.1. The molecule has 3 heteroatoms. The van der Waals surface area contributed by atoms with Crippen LogP contribution in [-0.2, 0) is 6.54 Å². The lowest BCUT2D eigenvalue weighted by molar-refractivity contribution is 0.242. The van der Waals surface area contributed by atoms with Gasteiger partial charge in [0.05, 0.1) is 8.07 Å². The van der Waals surface area contributed by atoms with E-state index in [0.29, 0.717) is 0 Å². The lowest BCUT2D eigenvalue weighted by Crippen LogP contribution is -2.38. The summed E-state index contributed by atoms with van der Waals surface area (Å²) in [7, 11) is 0.905. The zero-order valence-electron chi connectivity index (χ0n) is 12.9. The molecule has 1 aromatic carbocycles. The molecule has 0 saturated carbocycles. The fourth-order valence-corrected chi connectivity index (χ4v) is 4.08. The molecule has 0 spiro atoms. The van der Waals surface area contributed by atoms with Crippen LogP contribution in [0.1, 0.15) is 18.4 Å². The van der Waals surface area contributed by atoms with E-state index in [-0.39, 0.29) is 0 Å². The van der Waals surface area contributed by atoms with Crippen molar-refractivity contribution in [3.8, 4) is 0 Å². The Labute approximate surface area is 119 Å². The molecular weight excluding hydrogens is 248 g/mol. The van der Waals surface area contributed by atoms with Gasteiger partial charge in [0.1, 0.15) is 0 Å². The molecule has 0 bridgehead atoms. The smallest absolute Gasteiger partial charge is 0.0775 e. The predicted molar refractivity (Wildman–Crippen MR) is 86.8 cm³/mol. The number of likely N-dealkylation sites (N-methyl/N-ethyl adjacent to an activating group) is 1. The Hall–Kier alpha value is -0.643. The Bertz CT molecular complexity index is 394. The number of hydrogen-bond acceptors (Lipinski definition) is 2. The Kier molecular flexibility index (Phi) is 4.82. The van der Waals surface area contributed by atoms with Crippen LogP contribution < -0.4 is 10.5 Å². The SMILES string of the molecule is CNCC1CCCN1Cc1ccc([Si](C)(C)C)cc1. The van der Waals surface area contributed by atoms with Crippen molar-refractivity contribution < 1.29 is 0 Å². The predicted octanol–water partition coefficient (Wildman–Crippen LogP) is 2.42. The summed E-state index contributed by atoms with van der Waals surface area (Å²) in [5.41, 5.74) is 1.46. The first-order valence-corrected chi connectivity index (χ1v) is 11.0. The minimum atomic E-state index is -1.15. The number of nitrogens with zero attached hydrogens (tertiary/aromatic N) is 1. The van der Waals surface area contributed by atoms with Crippen LogP contribution in [0.3, 0.4) is 0 Å². The highest BCUT2D eigenvalue weighted by atomic mass is 28.3. The number of nitrogens with one attached hydrogen (secondary N) is 1. The molecule has 0 aliphatic carbocycles. The Morgan fingerprint density at radius 3 is 2.47 bits per heavy atom. The number of hydrogen-bond donors (Lipinski definition) is 1. The summed E-state index contributed by atoms with van der Waals surface area (Å²) in [6.07, 6.45) is 2.69. The van der Waals surface area contributed by atoms with Gasteiger partial charge in [0.15, 0.2) is 0 Å². The average molecular weight is 276 g/mol. The zero-order valence-corrected chi connectivity index (χ0v) is 13.9. The van der Waals surface area contributed by atoms with Crippen molar-refractivity contribution >= 4 is 13.3 Å². The standard InChI is InChI=1S/C16H28N2Si/c1-17-12-15-6-5-11-18(15)13-14-7-9-16(10-8-14)19(2,3)4/h7-10,15,17H,5-6,11-13H2,1-4H3. The van der Waals surface area contributed by atoms with Crippen LogP contribution in [0.5, 0.6) is 0 Å². The molecule has 0 aromatic heterocycles. The van der Waals surface area contributed by atoms with Crippen molar-refractivity contribution in [2.45, 2.75) is 45.1 Å². The van der Waals surface area contributed by atoms with Crippen LogP contribution in [0, 0.1) is 0 Å². The molecule has 1 aliphatic rings. The molecule has 1 fully saturated rings. The molecule has 2 nitrogen and oxygen atoms in total. The minimum absolute atomic E-state index is 0.724. The second kappa shape index (κ2) is 6.20. The molecule has 1 aliphatic heterocycles. The molecule has 1 atom stereocenters. The van der Waals surface area contributed by atoms with Gasteiger partial charge in [-0.2, -0.15) is 0 Å². The number of rotatable bonds is 5. The average Bonchev–Trinajstić information content (AvgIpc) is 2.77. The van der Waals surface area contributed by atoms with Crippen LogP contribution in [-0.4, -0.2) is 39.2 Å². The first kappa shape index (κ1) is 14.8. The molecule has 1 saturated heterocycles. The van der Waals surface area contributed by atoms with Gasteiger partial charge < -0.3 is 5.32 Å². The van der Waals surface area contributed by atoms with Gasteiger partial charge >= 0.3 is 0 Å². The van der Waals surface area contributed by atoms with Gasteiger partial charge in [-0.25, -0.2) is 0 Å². The van der Waals surface area contributed by atoms with E-state index in [4.69, 9.17) is 0 Å². The molecule has 19 heavy (non-hydrogen) atoms. The van der Waals surface area contributed by atoms with Crippen LogP contribution >= 0.6 is 0 Å². The fraction of sp³-hybridized carbons (Fsp3) is 0.625. The van der Waals surface area contributed by atoms with E-state index in [9.17, 15) is 0 Å². The van der Waals surface area contributed by atoms with Crippen molar-refractivity contribution in [3.63, 3.8) is 0 Å². The quantitative estimate of drug-likeness (QED) is 0.831. The lowest BCUT2D eigenvalue weighted by Gasteiger charge is -2.24. The Morgan fingerprint density at radius 2 is 1.89 bits per heavy atom. The van der Waals surface area contributed by atoms with Crippen LogP contribution in [0.4, 0.5) is 0 Å². The topological polar surface area (TPSA) is 15.3 Å². The van der Waals surface area contributed by atoms with Crippen molar-refractivity contribution in [2.24, 2.45) is 0 Å². The third-order valence-electron chi connectivity index (χ3n) is 4.14. The van der Waals surface area contributed by atoms with Crippen molar-refractivity contribution in [1.82, 2.24) is 10.2 Å². The van der Waals surface area contributed by atoms with E-state index in [2.05, 4.69) is 61.2 Å². The second-order valence-corrected chi connectivity index (χ2v) is 11.8. The van der Waals surface area contributed by atoms with Crippen LogP contribution in [0.25, 0.3) is 0 Å². The molecule has 0 radical (unpaired) electrons. The van der Waals surface area contributed by atoms with Crippen molar-refractivity contribution in [2.75, 3.05) is 20.1 Å². The third-order valence-corrected chi connectivity index (χ3v) is 6.21. The summed E-state index contributed by atoms with van der Waals surface area (Å²) in [5, 5.41) is 4.88. The molecule has 1 aromatic rings. The van der Waals surface area contributed by atoms with Gasteiger partial charge in [-0.15, -0.1) is 0 Å². The summed E-state index contributed by atoms with van der Waals surface area (Å²) < 4.78 is 0. The van der Waals surface area contributed by atoms with Gasteiger partial charge in [0.25, 0.3) is 0 Å². The molecule has 0 amide bonds. The molecule has 1 N–H and O–H groups in total. The maximum absolute atomic E-state index is 3.32. The van der Waals surface area contributed by atoms with Crippen molar-refractivity contribution in [1.29, 1.82) is 0 Å². The van der Waals surface area contributed by atoms with Gasteiger partial charge in [0.2, 0.25) is 0 Å². The highest BCUT2D eigenvalue weighted by Gasteiger charge is 2.23. The summed E-state index contributed by atoms with van der Waals surface area (Å²) >= 11 is 0. The summed E-state index contributed by atoms with van der Waals surface area (Å²) in [5.74, 6) is 0. The van der Waals surface area contributed by atoms with Gasteiger partial charge in [-0.3, -0.25) is 4.90 Å². The van der Waals surface area contributed by atoms with E-state index in [1.165, 1.54) is 24.9 Å². The number of benzene rings is 1. The molecule has 1 unspecified atom stereocenters. The maximum atomic E-state index is 3.32. The third kappa shape index (κ3) is 3.91. The highest BCUT2D eigenvalue weighted by Crippen LogP contribution is 2.19. The fourth-order valence-electron chi connectivity index (χ4n) is 2.91. The Morgan fingerprint density at radius 1 is 1.21 bits per heavy atom. The van der Waals surface area contributed by atoms with E-state index in [1.807, 2.05) is 0 Å². The second-order valence-electron chi connectivity index (χ2n) is 6.77.